The summed E-state index contributed by atoms with van der Waals surface area (Å²) in [4.78, 5) is 10.8. The van der Waals surface area contributed by atoms with Gasteiger partial charge in [-0.2, -0.15) is 0 Å². The van der Waals surface area contributed by atoms with Gasteiger partial charge in [0, 0.05) is 0 Å². The second-order valence-corrected chi connectivity index (χ2v) is 4.19. The Labute approximate surface area is 67.6 Å². The van der Waals surface area contributed by atoms with Gasteiger partial charge in [-0.1, -0.05) is 20.8 Å². The molecule has 0 aliphatic heterocycles. The van der Waals surface area contributed by atoms with Crippen LogP contribution in [0, 0.1) is 17.3 Å². The average Bonchev–Trinajstić information content (AvgIpc) is 2.08. The van der Waals surface area contributed by atoms with Crippen molar-refractivity contribution in [1.82, 2.24) is 0 Å². The summed E-state index contributed by atoms with van der Waals surface area (Å²) in [5, 5.41) is 8.87. The number of carboxylic acids is 1. The van der Waals surface area contributed by atoms with Crippen LogP contribution in [0.3, 0.4) is 0 Å². The normalized spacial score (nSPS) is 35.5. The van der Waals surface area contributed by atoms with Crippen LogP contribution in [-0.4, -0.2) is 11.1 Å². The van der Waals surface area contributed by atoms with Crippen LogP contribution in [-0.2, 0) is 4.79 Å². The van der Waals surface area contributed by atoms with E-state index in [1.165, 1.54) is 0 Å². The van der Waals surface area contributed by atoms with Crippen molar-refractivity contribution >= 4 is 5.97 Å². The van der Waals surface area contributed by atoms with Gasteiger partial charge in [0.25, 0.3) is 0 Å². The second kappa shape index (κ2) is 2.50. The third-order valence-electron chi connectivity index (χ3n) is 3.35. The molecule has 0 spiro atoms. The summed E-state index contributed by atoms with van der Waals surface area (Å²) in [6.07, 6.45) is 1.91. The van der Waals surface area contributed by atoms with Crippen molar-refractivity contribution in [1.29, 1.82) is 0 Å². The highest BCUT2D eigenvalue weighted by Gasteiger charge is 2.44. The maximum atomic E-state index is 10.8. The Hall–Kier alpha value is -0.530. The molecule has 0 aromatic heterocycles. The van der Waals surface area contributed by atoms with Gasteiger partial charge >= 0.3 is 5.97 Å². The van der Waals surface area contributed by atoms with Gasteiger partial charge in [-0.25, -0.2) is 0 Å². The zero-order valence-corrected chi connectivity index (χ0v) is 7.42. The minimum absolute atomic E-state index is 0.00810. The zero-order valence-electron chi connectivity index (χ0n) is 7.42. The highest BCUT2D eigenvalue weighted by molar-refractivity contribution is 5.71. The Morgan fingerprint density at radius 3 is 2.18 bits per heavy atom. The number of aliphatic carboxylic acids is 1. The highest BCUT2D eigenvalue weighted by Crippen LogP contribution is 2.46. The van der Waals surface area contributed by atoms with E-state index in [0.717, 1.165) is 12.8 Å². The first-order chi connectivity index (χ1) is 4.96. The number of hydrogen-bond donors (Lipinski definition) is 1. The molecule has 2 heteroatoms. The predicted molar refractivity (Wildman–Crippen MR) is 43.3 cm³/mol. The predicted octanol–water partition coefficient (Wildman–Crippen LogP) is 2.14. The smallest absolute Gasteiger partial charge is 0.307 e. The van der Waals surface area contributed by atoms with Gasteiger partial charge in [0.15, 0.2) is 0 Å². The van der Waals surface area contributed by atoms with E-state index in [2.05, 4.69) is 20.8 Å². The molecule has 11 heavy (non-hydrogen) atoms. The number of carboxylic acid groups (broad SMARTS) is 1. The Kier molecular flexibility index (Phi) is 1.95. The molecule has 0 heterocycles. The number of hydrogen-bond acceptors (Lipinski definition) is 1. The van der Waals surface area contributed by atoms with Crippen LogP contribution in [0.1, 0.15) is 33.6 Å². The third kappa shape index (κ3) is 1.26. The molecule has 0 amide bonds. The molecule has 0 saturated heterocycles. The average molecular weight is 156 g/mol. The first kappa shape index (κ1) is 8.57. The summed E-state index contributed by atoms with van der Waals surface area (Å²) in [5.74, 6) is -0.208. The fourth-order valence-electron chi connectivity index (χ4n) is 1.95. The van der Waals surface area contributed by atoms with Gasteiger partial charge in [-0.05, 0) is 24.2 Å². The van der Waals surface area contributed by atoms with Crippen molar-refractivity contribution in [2.75, 3.05) is 0 Å². The summed E-state index contributed by atoms with van der Waals surface area (Å²) < 4.78 is 0. The number of rotatable bonds is 1. The van der Waals surface area contributed by atoms with E-state index < -0.39 is 5.97 Å². The van der Waals surface area contributed by atoms with Gasteiger partial charge in [-0.3, -0.25) is 4.79 Å². The van der Waals surface area contributed by atoms with Crippen molar-refractivity contribution in [2.24, 2.45) is 17.3 Å². The molecular weight excluding hydrogens is 140 g/mol. The molecule has 1 aliphatic rings. The maximum Gasteiger partial charge on any atom is 0.307 e. The second-order valence-electron chi connectivity index (χ2n) is 4.19. The van der Waals surface area contributed by atoms with Crippen molar-refractivity contribution in [3.05, 3.63) is 0 Å². The molecule has 0 bridgehead atoms. The molecule has 0 radical (unpaired) electrons. The molecule has 1 aliphatic carbocycles. The minimum atomic E-state index is -0.626. The van der Waals surface area contributed by atoms with E-state index in [-0.39, 0.29) is 11.3 Å². The highest BCUT2D eigenvalue weighted by atomic mass is 16.4. The van der Waals surface area contributed by atoms with Crippen LogP contribution < -0.4 is 0 Å². The van der Waals surface area contributed by atoms with E-state index in [1.54, 1.807) is 0 Å². The molecule has 1 rings (SSSR count). The first-order valence-corrected chi connectivity index (χ1v) is 4.19. The van der Waals surface area contributed by atoms with Crippen LogP contribution in [0.15, 0.2) is 0 Å². The lowest BCUT2D eigenvalue weighted by atomic mass is 9.76. The molecular formula is C9H16O2. The van der Waals surface area contributed by atoms with Gasteiger partial charge in [0.1, 0.15) is 0 Å². The van der Waals surface area contributed by atoms with Gasteiger partial charge in [0.2, 0.25) is 0 Å². The van der Waals surface area contributed by atoms with Crippen LogP contribution in [0.2, 0.25) is 0 Å². The Morgan fingerprint density at radius 1 is 1.45 bits per heavy atom. The summed E-state index contributed by atoms with van der Waals surface area (Å²) >= 11 is 0. The third-order valence-corrected chi connectivity index (χ3v) is 3.35. The van der Waals surface area contributed by atoms with Crippen molar-refractivity contribution < 1.29 is 9.90 Å². The summed E-state index contributed by atoms with van der Waals surface area (Å²) in [6, 6.07) is 0. The Morgan fingerprint density at radius 2 is 2.00 bits per heavy atom. The zero-order chi connectivity index (χ0) is 8.65. The van der Waals surface area contributed by atoms with Crippen LogP contribution in [0.4, 0.5) is 0 Å². The monoisotopic (exact) mass is 156 g/mol. The van der Waals surface area contributed by atoms with Crippen LogP contribution >= 0.6 is 0 Å². The molecule has 1 N–H and O–H groups in total. The first-order valence-electron chi connectivity index (χ1n) is 4.19. The standard InChI is InChI=1S/C9H16O2/c1-6-4-5-7(8(10)11)9(6,2)3/h6-7H,4-5H2,1-3H3,(H,10,11)/t6-,7+/m1/s1. The van der Waals surface area contributed by atoms with E-state index in [0.29, 0.717) is 5.92 Å². The molecule has 1 saturated carbocycles. The molecule has 2 atom stereocenters. The molecule has 2 nitrogen and oxygen atoms in total. The summed E-state index contributed by atoms with van der Waals surface area (Å²) in [6.45, 7) is 6.26. The fourth-order valence-corrected chi connectivity index (χ4v) is 1.95. The Bertz CT molecular complexity index is 172. The van der Waals surface area contributed by atoms with Gasteiger partial charge in [0.05, 0.1) is 5.92 Å². The maximum absolute atomic E-state index is 10.8. The topological polar surface area (TPSA) is 37.3 Å². The van der Waals surface area contributed by atoms with Gasteiger partial charge < -0.3 is 5.11 Å². The van der Waals surface area contributed by atoms with Crippen LogP contribution in [0.5, 0.6) is 0 Å². The lowest BCUT2D eigenvalue weighted by Crippen LogP contribution is -2.29. The largest absolute Gasteiger partial charge is 0.481 e. The minimum Gasteiger partial charge on any atom is -0.481 e. The Balaban J connectivity index is 2.78. The van der Waals surface area contributed by atoms with Gasteiger partial charge in [-0.15, -0.1) is 0 Å². The lowest BCUT2D eigenvalue weighted by Gasteiger charge is -2.28. The quantitative estimate of drug-likeness (QED) is 0.631. The van der Waals surface area contributed by atoms with Crippen molar-refractivity contribution in [2.45, 2.75) is 33.6 Å². The molecule has 0 unspecified atom stereocenters. The van der Waals surface area contributed by atoms with E-state index in [4.69, 9.17) is 5.11 Å². The van der Waals surface area contributed by atoms with Crippen molar-refractivity contribution in [3.8, 4) is 0 Å². The van der Waals surface area contributed by atoms with Crippen LogP contribution in [0.25, 0.3) is 0 Å². The fraction of sp³-hybridized carbons (Fsp3) is 0.889. The van der Waals surface area contributed by atoms with Crippen molar-refractivity contribution in [3.63, 3.8) is 0 Å². The van der Waals surface area contributed by atoms with E-state index >= 15 is 0 Å². The van der Waals surface area contributed by atoms with E-state index in [1.807, 2.05) is 0 Å². The molecule has 1 fully saturated rings. The summed E-state index contributed by atoms with van der Waals surface area (Å²) in [5.41, 5.74) is -0.00810. The lowest BCUT2D eigenvalue weighted by molar-refractivity contribution is -0.145. The molecule has 0 aromatic carbocycles. The SMILES string of the molecule is C[C@@H]1CC[C@@H](C(=O)O)C1(C)C. The molecule has 0 aromatic rings. The molecule has 64 valence electrons. The van der Waals surface area contributed by atoms with E-state index in [9.17, 15) is 4.79 Å². The summed E-state index contributed by atoms with van der Waals surface area (Å²) in [7, 11) is 0. The number of carbonyl (C=O) groups is 1.